The van der Waals surface area contributed by atoms with Crippen molar-refractivity contribution >= 4 is 27.3 Å². The molecule has 0 aliphatic carbocycles. The number of methoxy groups -OCH3 is 2. The molecule has 0 aliphatic rings. The second-order valence-corrected chi connectivity index (χ2v) is 6.20. The number of benzene rings is 2. The van der Waals surface area contributed by atoms with Gasteiger partial charge in [0.1, 0.15) is 11.5 Å². The maximum atomic E-state index is 12.3. The van der Waals surface area contributed by atoms with Crippen molar-refractivity contribution in [2.45, 2.75) is 4.90 Å². The molecule has 0 radical (unpaired) electrons. The molecule has 0 heterocycles. The van der Waals surface area contributed by atoms with Crippen LogP contribution in [0.1, 0.15) is 0 Å². The molecule has 2 aromatic rings. The first-order valence-corrected chi connectivity index (χ1v) is 7.83. The highest BCUT2D eigenvalue weighted by Crippen LogP contribution is 2.36. The van der Waals surface area contributed by atoms with Gasteiger partial charge >= 0.3 is 0 Å². The third-order valence-corrected chi connectivity index (χ3v) is 4.45. The molecule has 0 atom stereocenters. The Morgan fingerprint density at radius 3 is 2.19 bits per heavy atom. The molecule has 0 amide bonds. The van der Waals surface area contributed by atoms with Crippen LogP contribution in [0.15, 0.2) is 47.4 Å². The largest absolute Gasteiger partial charge is 0.495 e. The smallest absolute Gasteiger partial charge is 0.262 e. The molecular formula is C14H14ClNO4S. The van der Waals surface area contributed by atoms with Crippen LogP contribution in [-0.4, -0.2) is 22.6 Å². The van der Waals surface area contributed by atoms with Gasteiger partial charge in [-0.3, -0.25) is 4.72 Å². The molecule has 0 spiro atoms. The van der Waals surface area contributed by atoms with Crippen molar-refractivity contribution in [3.05, 3.63) is 47.5 Å². The standard InChI is InChI=1S/C14H14ClNO4S/c1-19-13-9-14(20-2)12(8-11(13)15)16-21(17,18)10-6-4-3-5-7-10/h3-9,16H,1-2H3. The van der Waals surface area contributed by atoms with E-state index >= 15 is 0 Å². The van der Waals surface area contributed by atoms with Gasteiger partial charge in [-0.25, -0.2) is 8.42 Å². The Balaban J connectivity index is 2.42. The summed E-state index contributed by atoms with van der Waals surface area (Å²) in [6, 6.07) is 11.0. The number of halogens is 1. The van der Waals surface area contributed by atoms with Crippen LogP contribution < -0.4 is 14.2 Å². The number of hydrogen-bond donors (Lipinski definition) is 1. The highest BCUT2D eigenvalue weighted by atomic mass is 35.5. The van der Waals surface area contributed by atoms with Crippen LogP contribution in [-0.2, 0) is 10.0 Å². The van der Waals surface area contributed by atoms with E-state index < -0.39 is 10.0 Å². The maximum absolute atomic E-state index is 12.3. The van der Waals surface area contributed by atoms with Gasteiger partial charge in [-0.2, -0.15) is 0 Å². The van der Waals surface area contributed by atoms with E-state index in [0.717, 1.165) is 0 Å². The van der Waals surface area contributed by atoms with Crippen LogP contribution in [0.3, 0.4) is 0 Å². The summed E-state index contributed by atoms with van der Waals surface area (Å²) < 4.78 is 37.3. The van der Waals surface area contributed by atoms with Gasteiger partial charge in [-0.05, 0) is 18.2 Å². The fourth-order valence-electron chi connectivity index (χ4n) is 1.74. The van der Waals surface area contributed by atoms with E-state index in [1.54, 1.807) is 18.2 Å². The van der Waals surface area contributed by atoms with Crippen molar-refractivity contribution in [1.29, 1.82) is 0 Å². The Kier molecular flexibility index (Phi) is 4.59. The summed E-state index contributed by atoms with van der Waals surface area (Å²) in [6.45, 7) is 0. The average molecular weight is 328 g/mol. The van der Waals surface area contributed by atoms with E-state index in [9.17, 15) is 8.42 Å². The van der Waals surface area contributed by atoms with Crippen molar-refractivity contribution in [1.82, 2.24) is 0 Å². The first kappa shape index (κ1) is 15.5. The zero-order chi connectivity index (χ0) is 15.5. The number of hydrogen-bond acceptors (Lipinski definition) is 4. The molecule has 112 valence electrons. The molecule has 2 rings (SSSR count). The monoisotopic (exact) mass is 327 g/mol. The van der Waals surface area contributed by atoms with Crippen LogP contribution in [0, 0.1) is 0 Å². The van der Waals surface area contributed by atoms with E-state index in [4.69, 9.17) is 21.1 Å². The molecule has 2 aromatic carbocycles. The Morgan fingerprint density at radius 1 is 1.00 bits per heavy atom. The Morgan fingerprint density at radius 2 is 1.62 bits per heavy atom. The second kappa shape index (κ2) is 6.24. The quantitative estimate of drug-likeness (QED) is 0.916. The van der Waals surface area contributed by atoms with Crippen molar-refractivity contribution in [2.24, 2.45) is 0 Å². The summed E-state index contributed by atoms with van der Waals surface area (Å²) in [4.78, 5) is 0.152. The molecular weight excluding hydrogens is 314 g/mol. The normalized spacial score (nSPS) is 11.0. The first-order valence-electron chi connectivity index (χ1n) is 5.97. The zero-order valence-electron chi connectivity index (χ0n) is 11.5. The summed E-state index contributed by atoms with van der Waals surface area (Å²) in [5.41, 5.74) is 0.243. The lowest BCUT2D eigenvalue weighted by atomic mass is 10.3. The number of ether oxygens (including phenoxy) is 2. The molecule has 5 nitrogen and oxygen atoms in total. The topological polar surface area (TPSA) is 64.6 Å². The minimum atomic E-state index is -3.71. The van der Waals surface area contributed by atoms with Gasteiger partial charge in [-0.1, -0.05) is 29.8 Å². The van der Waals surface area contributed by atoms with Gasteiger partial charge in [0.25, 0.3) is 10.0 Å². The fraction of sp³-hybridized carbons (Fsp3) is 0.143. The van der Waals surface area contributed by atoms with Gasteiger partial charge in [0.15, 0.2) is 0 Å². The third kappa shape index (κ3) is 3.40. The van der Waals surface area contributed by atoms with Crippen LogP contribution in [0.4, 0.5) is 5.69 Å². The molecule has 0 saturated heterocycles. The highest BCUT2D eigenvalue weighted by Gasteiger charge is 2.18. The van der Waals surface area contributed by atoms with Crippen LogP contribution in [0.5, 0.6) is 11.5 Å². The average Bonchev–Trinajstić information content (AvgIpc) is 2.48. The molecule has 7 heteroatoms. The number of sulfonamides is 1. The SMILES string of the molecule is COc1cc(OC)c(NS(=O)(=O)c2ccccc2)cc1Cl. The van der Waals surface area contributed by atoms with Crippen LogP contribution >= 0.6 is 11.6 Å². The molecule has 0 fully saturated rings. The van der Waals surface area contributed by atoms with Gasteiger partial charge in [0, 0.05) is 6.07 Å². The van der Waals surface area contributed by atoms with E-state index in [1.807, 2.05) is 0 Å². The molecule has 0 unspecified atom stereocenters. The molecule has 0 aliphatic heterocycles. The van der Waals surface area contributed by atoms with E-state index in [1.165, 1.54) is 38.5 Å². The summed E-state index contributed by atoms with van der Waals surface area (Å²) in [5, 5.41) is 0.282. The molecule has 1 N–H and O–H groups in total. The lowest BCUT2D eigenvalue weighted by Crippen LogP contribution is -2.13. The van der Waals surface area contributed by atoms with Crippen LogP contribution in [0.2, 0.25) is 5.02 Å². The predicted molar refractivity (Wildman–Crippen MR) is 81.8 cm³/mol. The first-order chi connectivity index (χ1) is 9.97. The van der Waals surface area contributed by atoms with Crippen molar-refractivity contribution in [2.75, 3.05) is 18.9 Å². The molecule has 0 bridgehead atoms. The summed E-state index contributed by atoms with van der Waals surface area (Å²) in [5.74, 6) is 0.715. The molecule has 21 heavy (non-hydrogen) atoms. The van der Waals surface area contributed by atoms with E-state index in [0.29, 0.717) is 11.5 Å². The van der Waals surface area contributed by atoms with Gasteiger partial charge in [0.2, 0.25) is 0 Å². The fourth-order valence-corrected chi connectivity index (χ4v) is 3.07. The summed E-state index contributed by atoms with van der Waals surface area (Å²) >= 11 is 6.02. The zero-order valence-corrected chi connectivity index (χ0v) is 13.0. The molecule has 0 aromatic heterocycles. The lowest BCUT2D eigenvalue weighted by Gasteiger charge is -2.14. The van der Waals surface area contributed by atoms with E-state index in [2.05, 4.69) is 4.72 Å². The van der Waals surface area contributed by atoms with Crippen LogP contribution in [0.25, 0.3) is 0 Å². The van der Waals surface area contributed by atoms with E-state index in [-0.39, 0.29) is 15.6 Å². The third-order valence-electron chi connectivity index (χ3n) is 2.77. The second-order valence-electron chi connectivity index (χ2n) is 4.11. The minimum absolute atomic E-state index is 0.152. The molecule has 0 saturated carbocycles. The Hall–Kier alpha value is -1.92. The highest BCUT2D eigenvalue weighted by molar-refractivity contribution is 7.92. The van der Waals surface area contributed by atoms with Crippen molar-refractivity contribution < 1.29 is 17.9 Å². The lowest BCUT2D eigenvalue weighted by molar-refractivity contribution is 0.396. The summed E-state index contributed by atoms with van der Waals surface area (Å²) in [7, 11) is -0.811. The van der Waals surface area contributed by atoms with Gasteiger partial charge in [-0.15, -0.1) is 0 Å². The van der Waals surface area contributed by atoms with Gasteiger partial charge in [0.05, 0.1) is 29.8 Å². The number of nitrogens with one attached hydrogen (secondary N) is 1. The van der Waals surface area contributed by atoms with Crippen molar-refractivity contribution in [3.8, 4) is 11.5 Å². The van der Waals surface area contributed by atoms with Gasteiger partial charge < -0.3 is 9.47 Å². The summed E-state index contributed by atoms with van der Waals surface area (Å²) in [6.07, 6.45) is 0. The Labute approximate surface area is 128 Å². The van der Waals surface area contributed by atoms with Crippen molar-refractivity contribution in [3.63, 3.8) is 0 Å². The minimum Gasteiger partial charge on any atom is -0.495 e. The predicted octanol–water partition coefficient (Wildman–Crippen LogP) is 3.16. The maximum Gasteiger partial charge on any atom is 0.262 e. The number of anilines is 1. The Bertz CT molecular complexity index is 732. The number of rotatable bonds is 5.